The summed E-state index contributed by atoms with van der Waals surface area (Å²) >= 11 is 0. The molecular formula is C12H23NO2. The molecule has 1 rings (SSSR count). The average molecular weight is 213 g/mol. The number of hydrogen-bond acceptors (Lipinski definition) is 3. The number of rotatable bonds is 3. The summed E-state index contributed by atoms with van der Waals surface area (Å²) in [5, 5.41) is 0. The van der Waals surface area contributed by atoms with Crippen LogP contribution in [0.2, 0.25) is 0 Å². The molecule has 3 heteroatoms. The monoisotopic (exact) mass is 213 g/mol. The molecular weight excluding hydrogens is 190 g/mol. The summed E-state index contributed by atoms with van der Waals surface area (Å²) in [5.74, 6) is 1.29. The topological polar surface area (TPSA) is 29.5 Å². The van der Waals surface area contributed by atoms with E-state index in [1.165, 1.54) is 13.5 Å². The van der Waals surface area contributed by atoms with Gasteiger partial charge >= 0.3 is 5.97 Å². The van der Waals surface area contributed by atoms with Gasteiger partial charge < -0.3 is 4.74 Å². The third-order valence-electron chi connectivity index (χ3n) is 3.20. The van der Waals surface area contributed by atoms with Crippen LogP contribution in [0.1, 0.15) is 33.6 Å². The number of nitrogens with zero attached hydrogens (tertiary/aromatic N) is 1. The highest BCUT2D eigenvalue weighted by atomic mass is 16.5. The fourth-order valence-corrected chi connectivity index (χ4v) is 2.68. The second-order valence-corrected chi connectivity index (χ2v) is 4.85. The van der Waals surface area contributed by atoms with Crippen LogP contribution in [0.25, 0.3) is 0 Å². The molecule has 0 radical (unpaired) electrons. The van der Waals surface area contributed by atoms with Crippen molar-refractivity contribution < 1.29 is 9.53 Å². The van der Waals surface area contributed by atoms with Crippen molar-refractivity contribution in [2.75, 3.05) is 20.2 Å². The molecule has 0 aromatic carbocycles. The van der Waals surface area contributed by atoms with E-state index in [0.29, 0.717) is 11.8 Å². The first-order valence-corrected chi connectivity index (χ1v) is 5.90. The van der Waals surface area contributed by atoms with Gasteiger partial charge in [0.25, 0.3) is 0 Å². The quantitative estimate of drug-likeness (QED) is 0.671. The summed E-state index contributed by atoms with van der Waals surface area (Å²) in [4.78, 5) is 13.9. The van der Waals surface area contributed by atoms with Crippen LogP contribution < -0.4 is 0 Å². The molecule has 0 amide bonds. The van der Waals surface area contributed by atoms with Crippen molar-refractivity contribution in [1.29, 1.82) is 0 Å². The van der Waals surface area contributed by atoms with E-state index in [0.717, 1.165) is 19.5 Å². The van der Waals surface area contributed by atoms with Crippen LogP contribution in [0.3, 0.4) is 0 Å². The van der Waals surface area contributed by atoms with Gasteiger partial charge in [0, 0.05) is 13.1 Å². The van der Waals surface area contributed by atoms with Gasteiger partial charge in [-0.05, 0) is 24.7 Å². The number of methoxy groups -OCH3 is 1. The van der Waals surface area contributed by atoms with E-state index >= 15 is 0 Å². The van der Waals surface area contributed by atoms with Crippen LogP contribution in [-0.4, -0.2) is 37.1 Å². The summed E-state index contributed by atoms with van der Waals surface area (Å²) in [6, 6.07) is -0.0415. The normalized spacial score (nSPS) is 29.9. The number of carbonyl (C=O) groups excluding carboxylic acids is 1. The number of esters is 1. The second-order valence-electron chi connectivity index (χ2n) is 4.85. The Morgan fingerprint density at radius 1 is 1.40 bits per heavy atom. The van der Waals surface area contributed by atoms with Crippen LogP contribution in [-0.2, 0) is 9.53 Å². The van der Waals surface area contributed by atoms with Gasteiger partial charge in [-0.1, -0.05) is 20.8 Å². The first-order chi connectivity index (χ1) is 7.08. The maximum Gasteiger partial charge on any atom is 0.323 e. The van der Waals surface area contributed by atoms with Gasteiger partial charge in [0.2, 0.25) is 0 Å². The van der Waals surface area contributed by atoms with Crippen molar-refractivity contribution in [3.05, 3.63) is 0 Å². The summed E-state index contributed by atoms with van der Waals surface area (Å²) in [6.45, 7) is 8.61. The van der Waals surface area contributed by atoms with Crippen LogP contribution in [0.5, 0.6) is 0 Å². The van der Waals surface area contributed by atoms with E-state index in [-0.39, 0.29) is 12.0 Å². The zero-order chi connectivity index (χ0) is 11.4. The lowest BCUT2D eigenvalue weighted by Crippen LogP contribution is -2.48. The van der Waals surface area contributed by atoms with E-state index < -0.39 is 0 Å². The second kappa shape index (κ2) is 5.50. The highest BCUT2D eigenvalue weighted by Crippen LogP contribution is 2.23. The maximum absolute atomic E-state index is 11.6. The number of likely N-dealkylation sites (tertiary alicyclic amines) is 1. The Bertz CT molecular complexity index is 208. The van der Waals surface area contributed by atoms with Gasteiger partial charge in [0.1, 0.15) is 6.04 Å². The van der Waals surface area contributed by atoms with Crippen LogP contribution in [0.15, 0.2) is 0 Å². The number of hydrogen-bond donors (Lipinski definition) is 0. The van der Waals surface area contributed by atoms with Crippen LogP contribution >= 0.6 is 0 Å². The Labute approximate surface area is 92.8 Å². The third-order valence-corrected chi connectivity index (χ3v) is 3.20. The number of carbonyl (C=O) groups is 1. The molecule has 0 N–H and O–H groups in total. The molecule has 0 spiro atoms. The minimum absolute atomic E-state index is 0.0415. The molecule has 15 heavy (non-hydrogen) atoms. The summed E-state index contributed by atoms with van der Waals surface area (Å²) < 4.78 is 4.85. The van der Waals surface area contributed by atoms with E-state index in [1.807, 2.05) is 6.92 Å². The van der Waals surface area contributed by atoms with E-state index in [1.54, 1.807) is 0 Å². The van der Waals surface area contributed by atoms with Crippen molar-refractivity contribution in [1.82, 2.24) is 4.90 Å². The Morgan fingerprint density at radius 2 is 1.93 bits per heavy atom. The van der Waals surface area contributed by atoms with Crippen molar-refractivity contribution in [3.63, 3.8) is 0 Å². The van der Waals surface area contributed by atoms with E-state index in [4.69, 9.17) is 4.74 Å². The van der Waals surface area contributed by atoms with Crippen molar-refractivity contribution in [2.24, 2.45) is 11.8 Å². The Balaban J connectivity index is 2.63. The molecule has 3 atom stereocenters. The molecule has 0 bridgehead atoms. The Hall–Kier alpha value is -0.570. The molecule has 0 saturated carbocycles. The van der Waals surface area contributed by atoms with Gasteiger partial charge in [-0.15, -0.1) is 0 Å². The van der Waals surface area contributed by atoms with Crippen LogP contribution in [0, 0.1) is 11.8 Å². The van der Waals surface area contributed by atoms with Crippen molar-refractivity contribution in [2.45, 2.75) is 39.7 Å². The minimum Gasteiger partial charge on any atom is -0.468 e. The molecule has 1 fully saturated rings. The van der Waals surface area contributed by atoms with E-state index in [2.05, 4.69) is 18.7 Å². The molecule has 1 aliphatic rings. The number of piperidine rings is 1. The molecule has 1 aliphatic heterocycles. The Kier molecular flexibility index (Phi) is 4.58. The number of ether oxygens (including phenoxy) is 1. The third kappa shape index (κ3) is 3.20. The maximum atomic E-state index is 11.6. The Morgan fingerprint density at radius 3 is 2.33 bits per heavy atom. The van der Waals surface area contributed by atoms with Gasteiger partial charge in [-0.25, -0.2) is 0 Å². The van der Waals surface area contributed by atoms with E-state index in [9.17, 15) is 4.79 Å². The smallest absolute Gasteiger partial charge is 0.323 e. The lowest BCUT2D eigenvalue weighted by molar-refractivity contribution is -0.148. The molecule has 0 aromatic heterocycles. The van der Waals surface area contributed by atoms with Crippen molar-refractivity contribution in [3.8, 4) is 0 Å². The molecule has 1 saturated heterocycles. The SMILES string of the molecule is CC[C@@H](C(=O)OC)N1C[C@H](C)C[C@@H](C)C1. The predicted octanol–water partition coefficient (Wildman–Crippen LogP) is 1.92. The predicted molar refractivity (Wildman–Crippen MR) is 60.6 cm³/mol. The lowest BCUT2D eigenvalue weighted by atomic mass is 9.90. The standard InChI is InChI=1S/C12H23NO2/c1-5-11(12(14)15-4)13-7-9(2)6-10(3)8-13/h9-11H,5-8H2,1-4H3/t9-,10-,11+/m1/s1. The molecule has 1 heterocycles. The zero-order valence-corrected chi connectivity index (χ0v) is 10.3. The minimum atomic E-state index is -0.0844. The summed E-state index contributed by atoms with van der Waals surface area (Å²) in [5.41, 5.74) is 0. The fourth-order valence-electron chi connectivity index (χ4n) is 2.68. The lowest BCUT2D eigenvalue weighted by Gasteiger charge is -2.38. The largest absolute Gasteiger partial charge is 0.468 e. The van der Waals surface area contributed by atoms with Crippen molar-refractivity contribution >= 4 is 5.97 Å². The van der Waals surface area contributed by atoms with Gasteiger partial charge in [-0.3, -0.25) is 9.69 Å². The van der Waals surface area contributed by atoms with Gasteiger partial charge in [-0.2, -0.15) is 0 Å². The van der Waals surface area contributed by atoms with Gasteiger partial charge in [0.15, 0.2) is 0 Å². The summed E-state index contributed by atoms with van der Waals surface area (Å²) in [6.07, 6.45) is 2.11. The molecule has 88 valence electrons. The molecule has 0 aromatic rings. The van der Waals surface area contributed by atoms with Crippen LogP contribution in [0.4, 0.5) is 0 Å². The zero-order valence-electron chi connectivity index (χ0n) is 10.3. The fraction of sp³-hybridized carbons (Fsp3) is 0.917. The first kappa shape index (κ1) is 12.5. The molecule has 0 aliphatic carbocycles. The van der Waals surface area contributed by atoms with Gasteiger partial charge in [0.05, 0.1) is 7.11 Å². The molecule has 0 unspecified atom stereocenters. The first-order valence-electron chi connectivity index (χ1n) is 5.90. The molecule has 3 nitrogen and oxygen atoms in total. The highest BCUT2D eigenvalue weighted by molar-refractivity contribution is 5.75. The summed E-state index contributed by atoms with van der Waals surface area (Å²) in [7, 11) is 1.47. The highest BCUT2D eigenvalue weighted by Gasteiger charge is 2.30. The average Bonchev–Trinajstić information content (AvgIpc) is 2.17.